The van der Waals surface area contributed by atoms with E-state index in [1.165, 1.54) is 81.2 Å². The van der Waals surface area contributed by atoms with Crippen molar-refractivity contribution in [2.75, 3.05) is 52.4 Å². The summed E-state index contributed by atoms with van der Waals surface area (Å²) in [6.07, 6.45) is 14.3. The highest BCUT2D eigenvalue weighted by Crippen LogP contribution is 2.76. The van der Waals surface area contributed by atoms with Crippen LogP contribution >= 0.6 is 12.1 Å². The van der Waals surface area contributed by atoms with Gasteiger partial charge in [0.1, 0.15) is 0 Å². The van der Waals surface area contributed by atoms with Gasteiger partial charge in [-0.25, -0.2) is 13.4 Å². The molecule has 294 valence electrons. The van der Waals surface area contributed by atoms with Gasteiger partial charge in [-0.15, -0.1) is 0 Å². The molecule has 5 aliphatic carbocycles. The molecule has 1 aliphatic heterocycles. The third-order valence-electron chi connectivity index (χ3n) is 17.3. The number of carboxylic acids is 1. The molecule has 7 heteroatoms. The van der Waals surface area contributed by atoms with Crippen molar-refractivity contribution in [3.8, 4) is 0 Å². The molecule has 0 spiro atoms. The normalized spacial score (nSPS) is 39.8. The average Bonchev–Trinajstić information content (AvgIpc) is 3.51. The van der Waals surface area contributed by atoms with Crippen molar-refractivity contribution in [1.29, 1.82) is 0 Å². The minimum Gasteiger partial charge on any atom is -0.478 e. The van der Waals surface area contributed by atoms with E-state index < -0.39 is 5.97 Å². The zero-order valence-corrected chi connectivity index (χ0v) is 35.4. The zero-order chi connectivity index (χ0) is 38.0. The molecule has 0 amide bonds. The van der Waals surface area contributed by atoms with E-state index in [2.05, 4.69) is 99.0 Å². The quantitative estimate of drug-likeness (QED) is 0.173. The van der Waals surface area contributed by atoms with Crippen molar-refractivity contribution in [3.05, 3.63) is 53.6 Å². The van der Waals surface area contributed by atoms with Gasteiger partial charge in [0.2, 0.25) is 0 Å². The number of aromatic carboxylic acids is 1. The largest absolute Gasteiger partial charge is 0.478 e. The Balaban J connectivity index is 1.08. The Labute approximate surface area is 327 Å². The van der Waals surface area contributed by atoms with Crippen LogP contribution in [0, 0.1) is 51.2 Å². The van der Waals surface area contributed by atoms with Crippen LogP contribution in [-0.2, 0) is 0 Å². The van der Waals surface area contributed by atoms with Crippen molar-refractivity contribution < 1.29 is 9.90 Å². The Kier molecular flexibility index (Phi) is 11.0. The molecule has 6 aliphatic rings. The maximum atomic E-state index is 11.6. The molecule has 2 N–H and O–H groups in total. The van der Waals surface area contributed by atoms with Gasteiger partial charge in [0.15, 0.2) is 0 Å². The van der Waals surface area contributed by atoms with Crippen molar-refractivity contribution in [2.45, 2.75) is 119 Å². The highest BCUT2D eigenvalue weighted by atomic mass is 32.2. The van der Waals surface area contributed by atoms with Gasteiger partial charge in [-0.05, 0) is 139 Å². The maximum Gasteiger partial charge on any atom is 0.335 e. The molecular weight excluding hydrogens is 673 g/mol. The second kappa shape index (κ2) is 14.7. The van der Waals surface area contributed by atoms with Gasteiger partial charge < -0.3 is 10.4 Å². The summed E-state index contributed by atoms with van der Waals surface area (Å²) >= 11 is 1.95. The highest BCUT2D eigenvalue weighted by Gasteiger charge is 2.70. The van der Waals surface area contributed by atoms with Crippen LogP contribution in [0.25, 0.3) is 5.57 Å². The molecular formula is C46H72N4O2S. The molecule has 7 rings (SSSR count). The first-order chi connectivity index (χ1) is 25.1. The molecule has 1 aromatic rings. The molecule has 1 aromatic carbocycles. The van der Waals surface area contributed by atoms with Crippen LogP contribution in [0.3, 0.4) is 0 Å². The number of hydrogen-bond acceptors (Lipinski definition) is 6. The standard InChI is InChI=1S/C46H72N4O2S/c1-10-49(11-2)53-50-30-28-48(29-31-50)27-26-47-46-23-18-35(32(3)4)40(46)37-16-17-39-43(7)21-19-36(33-12-14-34(15-13-33)41(51)52)42(5,6)38(43)20-22-45(39,9)44(37,8)24-25-46/h12-15,19,35,37-40,47H,3,10-11,16-18,20-31H2,1-2,4-9H3,(H,51,52)/t35-,37+,38?,39?,40?,43-,44+,45+,46-/m0/s1. The molecule has 1 heterocycles. The molecule has 9 atom stereocenters. The van der Waals surface area contributed by atoms with Gasteiger partial charge in [-0.3, -0.25) is 4.90 Å². The van der Waals surface area contributed by atoms with E-state index >= 15 is 0 Å². The lowest BCUT2D eigenvalue weighted by Crippen LogP contribution is -2.68. The van der Waals surface area contributed by atoms with Gasteiger partial charge in [-0.2, -0.15) is 0 Å². The van der Waals surface area contributed by atoms with Gasteiger partial charge in [0.05, 0.1) is 5.56 Å². The highest BCUT2D eigenvalue weighted by molar-refractivity contribution is 7.94. The van der Waals surface area contributed by atoms with E-state index in [-0.39, 0.29) is 16.4 Å². The van der Waals surface area contributed by atoms with Gasteiger partial charge in [0, 0.05) is 70.0 Å². The van der Waals surface area contributed by atoms with Crippen LogP contribution in [0.1, 0.15) is 129 Å². The third kappa shape index (κ3) is 6.52. The number of benzene rings is 1. The Bertz CT molecular complexity index is 1550. The number of rotatable bonds is 11. The summed E-state index contributed by atoms with van der Waals surface area (Å²) in [6, 6.07) is 7.68. The number of nitrogens with zero attached hydrogens (tertiary/aromatic N) is 3. The molecule has 3 unspecified atom stereocenters. The summed E-state index contributed by atoms with van der Waals surface area (Å²) < 4.78 is 5.03. The lowest BCUT2D eigenvalue weighted by atomic mass is 9.33. The topological polar surface area (TPSA) is 59.0 Å². The maximum absolute atomic E-state index is 11.6. The summed E-state index contributed by atoms with van der Waals surface area (Å²) in [7, 11) is 0. The minimum atomic E-state index is -0.852. The van der Waals surface area contributed by atoms with Crippen LogP contribution < -0.4 is 5.32 Å². The number of allylic oxidation sites excluding steroid dienone is 3. The fourth-order valence-corrected chi connectivity index (χ4v) is 15.2. The SMILES string of the molecule is C=C(C)[C@@H]1CC[C@]2(NCCN3CCN(SN(CC)CC)CC3)CC[C@]3(C)[C@H](CCC4[C@@]5(C)CC=C(c6ccc(C(=O)O)cc6)C(C)(C)C5CC[C@]43C)C12. The van der Waals surface area contributed by atoms with Crippen LogP contribution in [0.15, 0.2) is 42.5 Å². The van der Waals surface area contributed by atoms with E-state index in [0.717, 1.165) is 51.6 Å². The third-order valence-corrected chi connectivity index (χ3v) is 18.6. The molecule has 4 saturated carbocycles. The minimum absolute atomic E-state index is 0.0375. The summed E-state index contributed by atoms with van der Waals surface area (Å²) in [5.41, 5.74) is 5.62. The molecule has 0 aromatic heterocycles. The average molecular weight is 745 g/mol. The van der Waals surface area contributed by atoms with Crippen molar-refractivity contribution in [3.63, 3.8) is 0 Å². The summed E-state index contributed by atoms with van der Waals surface area (Å²) in [4.78, 5) is 14.3. The summed E-state index contributed by atoms with van der Waals surface area (Å²) in [5.74, 6) is 2.54. The van der Waals surface area contributed by atoms with Crippen LogP contribution in [0.5, 0.6) is 0 Å². The van der Waals surface area contributed by atoms with Crippen molar-refractivity contribution >= 4 is 23.7 Å². The van der Waals surface area contributed by atoms with Crippen LogP contribution in [-0.4, -0.2) is 82.5 Å². The predicted molar refractivity (Wildman–Crippen MR) is 223 cm³/mol. The smallest absolute Gasteiger partial charge is 0.335 e. The number of nitrogens with one attached hydrogen (secondary N) is 1. The fraction of sp³-hybridized carbons (Fsp3) is 0.761. The first-order valence-electron chi connectivity index (χ1n) is 21.5. The lowest BCUT2D eigenvalue weighted by molar-refractivity contribution is -0.219. The van der Waals surface area contributed by atoms with Crippen molar-refractivity contribution in [2.24, 2.45) is 51.2 Å². The van der Waals surface area contributed by atoms with E-state index in [1.54, 1.807) is 12.1 Å². The Hall–Kier alpha value is -1.64. The first kappa shape index (κ1) is 39.6. The number of fused-ring (bicyclic) bond motifs is 7. The number of hydrogen-bond donors (Lipinski definition) is 2. The Morgan fingerprint density at radius 2 is 1.60 bits per heavy atom. The molecule has 0 radical (unpaired) electrons. The summed E-state index contributed by atoms with van der Waals surface area (Å²) in [6.45, 7) is 33.8. The Morgan fingerprint density at radius 3 is 2.25 bits per heavy atom. The number of piperazine rings is 1. The van der Waals surface area contributed by atoms with E-state index in [1.807, 2.05) is 12.1 Å². The van der Waals surface area contributed by atoms with Gasteiger partial charge >= 0.3 is 5.97 Å². The van der Waals surface area contributed by atoms with Gasteiger partial charge in [0.25, 0.3) is 0 Å². The summed E-state index contributed by atoms with van der Waals surface area (Å²) in [5, 5.41) is 13.9. The molecule has 5 fully saturated rings. The number of carbonyl (C=O) groups is 1. The molecule has 6 nitrogen and oxygen atoms in total. The van der Waals surface area contributed by atoms with Crippen molar-refractivity contribution in [1.82, 2.24) is 18.8 Å². The first-order valence-corrected chi connectivity index (χ1v) is 22.2. The van der Waals surface area contributed by atoms with E-state index in [9.17, 15) is 9.90 Å². The molecule has 1 saturated heterocycles. The van der Waals surface area contributed by atoms with Crippen LogP contribution in [0.2, 0.25) is 0 Å². The fourth-order valence-electron chi connectivity index (χ4n) is 14.3. The van der Waals surface area contributed by atoms with Gasteiger partial charge in [-0.1, -0.05) is 78.8 Å². The molecule has 53 heavy (non-hydrogen) atoms. The lowest BCUT2D eigenvalue weighted by Gasteiger charge is -2.72. The monoisotopic (exact) mass is 745 g/mol. The zero-order valence-electron chi connectivity index (χ0n) is 34.6. The van der Waals surface area contributed by atoms with E-state index in [4.69, 9.17) is 0 Å². The number of carboxylic acid groups (broad SMARTS) is 1. The molecule has 0 bridgehead atoms. The Morgan fingerprint density at radius 1 is 0.906 bits per heavy atom. The van der Waals surface area contributed by atoms with Crippen LogP contribution in [0.4, 0.5) is 0 Å². The second-order valence-electron chi connectivity index (χ2n) is 19.7. The van der Waals surface area contributed by atoms with E-state index in [0.29, 0.717) is 40.1 Å². The predicted octanol–water partition coefficient (Wildman–Crippen LogP) is 9.90. The second-order valence-corrected chi connectivity index (χ2v) is 20.9.